The summed E-state index contributed by atoms with van der Waals surface area (Å²) in [4.78, 5) is 3.48. The maximum atomic E-state index is 12.1. The van der Waals surface area contributed by atoms with Crippen molar-refractivity contribution in [3.63, 3.8) is 0 Å². The van der Waals surface area contributed by atoms with E-state index in [1.807, 2.05) is 14.0 Å². The van der Waals surface area contributed by atoms with Crippen LogP contribution in [0, 0.1) is 0 Å². The summed E-state index contributed by atoms with van der Waals surface area (Å²) in [5.74, 6) is 0. The molecule has 0 amide bonds. The topological polar surface area (TPSA) is 61.4 Å². The van der Waals surface area contributed by atoms with Crippen molar-refractivity contribution in [2.45, 2.75) is 31.7 Å². The molecular formula is C13H25N3O2S2. The predicted molar refractivity (Wildman–Crippen MR) is 84.7 cm³/mol. The largest absolute Gasteiger partial charge is 0.312 e. The minimum absolute atomic E-state index is 0.370. The van der Waals surface area contributed by atoms with Gasteiger partial charge in [0.15, 0.2) is 0 Å². The lowest BCUT2D eigenvalue weighted by Crippen LogP contribution is -2.32. The first-order valence-corrected chi connectivity index (χ1v) is 9.32. The quantitative estimate of drug-likeness (QED) is 0.641. The molecule has 0 fully saturated rings. The minimum Gasteiger partial charge on any atom is -0.312 e. The molecular weight excluding hydrogens is 294 g/mol. The highest BCUT2D eigenvalue weighted by atomic mass is 32.2. The summed E-state index contributed by atoms with van der Waals surface area (Å²) >= 11 is 1.48. The molecule has 2 N–H and O–H groups in total. The molecule has 0 unspecified atom stereocenters. The van der Waals surface area contributed by atoms with Crippen molar-refractivity contribution in [3.05, 3.63) is 16.3 Å². The number of hydrogen-bond donors (Lipinski definition) is 2. The van der Waals surface area contributed by atoms with Crippen LogP contribution in [-0.2, 0) is 16.6 Å². The Morgan fingerprint density at radius 1 is 1.30 bits per heavy atom. The highest BCUT2D eigenvalue weighted by Crippen LogP contribution is 2.18. The monoisotopic (exact) mass is 319 g/mol. The van der Waals surface area contributed by atoms with Crippen molar-refractivity contribution in [1.29, 1.82) is 0 Å². The van der Waals surface area contributed by atoms with Gasteiger partial charge in [0.05, 0.1) is 4.90 Å². The summed E-state index contributed by atoms with van der Waals surface area (Å²) in [5.41, 5.74) is 0. The lowest BCUT2D eigenvalue weighted by molar-refractivity contribution is 0.358. The molecule has 1 heterocycles. The molecule has 0 spiro atoms. The molecule has 0 bridgehead atoms. The number of nitrogens with one attached hydrogen (secondary N) is 2. The van der Waals surface area contributed by atoms with Crippen LogP contribution in [-0.4, -0.2) is 46.5 Å². The molecule has 0 radical (unpaired) electrons. The lowest BCUT2D eigenvalue weighted by Gasteiger charge is -2.13. The van der Waals surface area contributed by atoms with Gasteiger partial charge in [0, 0.05) is 29.9 Å². The van der Waals surface area contributed by atoms with Gasteiger partial charge < -0.3 is 10.2 Å². The summed E-state index contributed by atoms with van der Waals surface area (Å²) in [6, 6.07) is 1.75. The van der Waals surface area contributed by atoms with Gasteiger partial charge in [-0.25, -0.2) is 13.1 Å². The Morgan fingerprint density at radius 3 is 2.70 bits per heavy atom. The number of thiophene rings is 1. The SMILES string of the molecule is CCCNCc1cc(S(=O)(=O)NCCN(C)CC)cs1. The molecule has 5 nitrogen and oxygen atoms in total. The zero-order valence-corrected chi connectivity index (χ0v) is 14.1. The van der Waals surface area contributed by atoms with Gasteiger partial charge in [-0.15, -0.1) is 11.3 Å². The highest BCUT2D eigenvalue weighted by Gasteiger charge is 2.15. The maximum absolute atomic E-state index is 12.1. The van der Waals surface area contributed by atoms with E-state index >= 15 is 0 Å². The summed E-state index contributed by atoms with van der Waals surface area (Å²) < 4.78 is 26.8. The third-order valence-corrected chi connectivity index (χ3v) is 5.52. The van der Waals surface area contributed by atoms with Crippen molar-refractivity contribution >= 4 is 21.4 Å². The second-order valence-electron chi connectivity index (χ2n) is 4.72. The van der Waals surface area contributed by atoms with Gasteiger partial charge in [0.2, 0.25) is 10.0 Å². The second kappa shape index (κ2) is 8.74. The summed E-state index contributed by atoms with van der Waals surface area (Å²) in [6.07, 6.45) is 1.07. The van der Waals surface area contributed by atoms with Crippen LogP contribution < -0.4 is 10.0 Å². The van der Waals surface area contributed by atoms with Crippen LogP contribution in [0.2, 0.25) is 0 Å². The van der Waals surface area contributed by atoms with E-state index in [0.717, 1.165) is 30.9 Å². The van der Waals surface area contributed by atoms with Crippen LogP contribution in [0.15, 0.2) is 16.3 Å². The molecule has 0 aliphatic rings. The van der Waals surface area contributed by atoms with E-state index in [2.05, 4.69) is 21.9 Å². The first-order chi connectivity index (χ1) is 9.49. The fourth-order valence-electron chi connectivity index (χ4n) is 1.59. The van der Waals surface area contributed by atoms with E-state index in [4.69, 9.17) is 0 Å². The van der Waals surface area contributed by atoms with Crippen LogP contribution in [0.5, 0.6) is 0 Å². The molecule has 20 heavy (non-hydrogen) atoms. The fraction of sp³-hybridized carbons (Fsp3) is 0.692. The molecule has 1 aromatic rings. The van der Waals surface area contributed by atoms with E-state index in [-0.39, 0.29) is 0 Å². The first kappa shape index (κ1) is 17.6. The molecule has 0 aliphatic heterocycles. The van der Waals surface area contributed by atoms with Crippen LogP contribution in [0.25, 0.3) is 0 Å². The van der Waals surface area contributed by atoms with E-state index in [1.54, 1.807) is 11.4 Å². The Hall–Kier alpha value is -0.470. The second-order valence-corrected chi connectivity index (χ2v) is 7.48. The smallest absolute Gasteiger partial charge is 0.241 e. The molecule has 0 atom stereocenters. The van der Waals surface area contributed by atoms with Crippen LogP contribution in [0.1, 0.15) is 25.1 Å². The summed E-state index contributed by atoms with van der Waals surface area (Å²) in [5, 5.41) is 4.97. The van der Waals surface area contributed by atoms with Gasteiger partial charge in [0.1, 0.15) is 0 Å². The van der Waals surface area contributed by atoms with Crippen LogP contribution in [0.4, 0.5) is 0 Å². The zero-order valence-electron chi connectivity index (χ0n) is 12.5. The Kier molecular flexibility index (Phi) is 7.68. The van der Waals surface area contributed by atoms with E-state index in [1.165, 1.54) is 11.3 Å². The van der Waals surface area contributed by atoms with Crippen molar-refractivity contribution in [2.75, 3.05) is 33.2 Å². The Morgan fingerprint density at radius 2 is 2.05 bits per heavy atom. The first-order valence-electron chi connectivity index (χ1n) is 6.96. The molecule has 0 aliphatic carbocycles. The zero-order chi connectivity index (χ0) is 15.0. The van der Waals surface area contributed by atoms with Gasteiger partial charge in [-0.1, -0.05) is 13.8 Å². The lowest BCUT2D eigenvalue weighted by atomic mass is 10.4. The van der Waals surface area contributed by atoms with Gasteiger partial charge in [-0.05, 0) is 32.6 Å². The van der Waals surface area contributed by atoms with Crippen molar-refractivity contribution < 1.29 is 8.42 Å². The summed E-state index contributed by atoms with van der Waals surface area (Å²) in [7, 11) is -1.40. The van der Waals surface area contributed by atoms with Gasteiger partial charge in [-0.2, -0.15) is 0 Å². The Labute approximate surface area is 126 Å². The Balaban J connectivity index is 2.50. The predicted octanol–water partition coefficient (Wildman–Crippen LogP) is 1.48. The number of hydrogen-bond acceptors (Lipinski definition) is 5. The minimum atomic E-state index is -3.37. The van der Waals surface area contributed by atoms with Gasteiger partial charge >= 0.3 is 0 Å². The third kappa shape index (κ3) is 5.88. The van der Waals surface area contributed by atoms with E-state index in [0.29, 0.717) is 18.0 Å². The molecule has 0 saturated heterocycles. The molecule has 0 aromatic carbocycles. The molecule has 7 heteroatoms. The molecule has 1 aromatic heterocycles. The molecule has 116 valence electrons. The van der Waals surface area contributed by atoms with Crippen molar-refractivity contribution in [2.24, 2.45) is 0 Å². The normalized spacial score (nSPS) is 12.2. The van der Waals surface area contributed by atoms with Crippen molar-refractivity contribution in [1.82, 2.24) is 14.9 Å². The number of likely N-dealkylation sites (N-methyl/N-ethyl adjacent to an activating group) is 1. The third-order valence-electron chi connectivity index (χ3n) is 2.99. The fourth-order valence-corrected chi connectivity index (χ4v) is 3.86. The number of sulfonamides is 1. The van der Waals surface area contributed by atoms with Crippen molar-refractivity contribution in [3.8, 4) is 0 Å². The van der Waals surface area contributed by atoms with Gasteiger partial charge in [0.25, 0.3) is 0 Å². The van der Waals surface area contributed by atoms with E-state index < -0.39 is 10.0 Å². The summed E-state index contributed by atoms with van der Waals surface area (Å²) in [6.45, 7) is 7.88. The van der Waals surface area contributed by atoms with E-state index in [9.17, 15) is 8.42 Å². The number of rotatable bonds is 10. The molecule has 0 saturated carbocycles. The van der Waals surface area contributed by atoms with Gasteiger partial charge in [-0.3, -0.25) is 0 Å². The molecule has 1 rings (SSSR count). The average Bonchev–Trinajstić information content (AvgIpc) is 2.88. The standard InChI is InChI=1S/C13H25N3O2S2/c1-4-6-14-10-12-9-13(11-19-12)20(17,18)15-7-8-16(3)5-2/h9,11,14-15H,4-8,10H2,1-3H3. The maximum Gasteiger partial charge on any atom is 0.241 e. The Bertz CT molecular complexity index is 486. The highest BCUT2D eigenvalue weighted by molar-refractivity contribution is 7.89. The number of nitrogens with zero attached hydrogens (tertiary/aromatic N) is 1. The van der Waals surface area contributed by atoms with Crippen LogP contribution >= 0.6 is 11.3 Å². The average molecular weight is 319 g/mol. The van der Waals surface area contributed by atoms with Crippen LogP contribution in [0.3, 0.4) is 0 Å².